The van der Waals surface area contributed by atoms with Crippen LogP contribution in [-0.4, -0.2) is 24.1 Å². The Morgan fingerprint density at radius 1 is 1.60 bits per heavy atom. The number of nitrogens with one attached hydrogen (secondary N) is 1. The summed E-state index contributed by atoms with van der Waals surface area (Å²) in [5.41, 5.74) is 9.06. The van der Waals surface area contributed by atoms with Crippen molar-refractivity contribution in [2.24, 2.45) is 11.7 Å². The Balaban J connectivity index is 2.06. The summed E-state index contributed by atoms with van der Waals surface area (Å²) in [6.45, 7) is 6.25. The van der Waals surface area contributed by atoms with Gasteiger partial charge in [-0.1, -0.05) is 20.3 Å². The topological polar surface area (TPSA) is 50.9 Å². The molecule has 0 saturated carbocycles. The molecular formula is C11H21N3S. The van der Waals surface area contributed by atoms with Gasteiger partial charge in [0.25, 0.3) is 0 Å². The summed E-state index contributed by atoms with van der Waals surface area (Å²) in [6.07, 6.45) is 2.14. The van der Waals surface area contributed by atoms with Crippen LogP contribution in [0.2, 0.25) is 0 Å². The van der Waals surface area contributed by atoms with Gasteiger partial charge in [-0.05, 0) is 5.92 Å². The van der Waals surface area contributed by atoms with Gasteiger partial charge in [-0.3, -0.25) is 0 Å². The third kappa shape index (κ3) is 4.73. The lowest BCUT2D eigenvalue weighted by Gasteiger charge is -2.18. The standard InChI is InChI=1S/C11H21N3S/c1-3-9(2)11(12)6-13-5-4-10-7-15-8-14-10/h7-9,11,13H,3-6,12H2,1-2H3. The molecule has 3 nitrogen and oxygen atoms in total. The zero-order valence-electron chi connectivity index (χ0n) is 9.57. The minimum Gasteiger partial charge on any atom is -0.326 e. The van der Waals surface area contributed by atoms with Crippen molar-refractivity contribution in [1.82, 2.24) is 10.3 Å². The van der Waals surface area contributed by atoms with E-state index in [1.165, 1.54) is 5.69 Å². The van der Waals surface area contributed by atoms with Gasteiger partial charge in [-0.15, -0.1) is 11.3 Å². The molecule has 1 aromatic heterocycles. The molecule has 0 radical (unpaired) electrons. The highest BCUT2D eigenvalue weighted by Crippen LogP contribution is 2.04. The van der Waals surface area contributed by atoms with Gasteiger partial charge in [-0.2, -0.15) is 0 Å². The molecule has 86 valence electrons. The molecule has 0 bridgehead atoms. The average molecular weight is 227 g/mol. The number of nitrogens with two attached hydrogens (primary N) is 1. The Morgan fingerprint density at radius 2 is 2.40 bits per heavy atom. The largest absolute Gasteiger partial charge is 0.326 e. The lowest BCUT2D eigenvalue weighted by molar-refractivity contribution is 0.420. The van der Waals surface area contributed by atoms with Crippen molar-refractivity contribution in [3.05, 3.63) is 16.6 Å². The van der Waals surface area contributed by atoms with Crippen LogP contribution in [0.5, 0.6) is 0 Å². The fraction of sp³-hybridized carbons (Fsp3) is 0.727. The predicted molar refractivity (Wildman–Crippen MR) is 66.1 cm³/mol. The molecule has 0 fully saturated rings. The highest BCUT2D eigenvalue weighted by atomic mass is 32.1. The Morgan fingerprint density at radius 3 is 3.00 bits per heavy atom. The SMILES string of the molecule is CCC(C)C(N)CNCCc1cscn1. The summed E-state index contributed by atoms with van der Waals surface area (Å²) in [7, 11) is 0. The highest BCUT2D eigenvalue weighted by molar-refractivity contribution is 7.07. The molecule has 0 amide bonds. The zero-order valence-corrected chi connectivity index (χ0v) is 10.4. The molecule has 0 spiro atoms. The number of rotatable bonds is 7. The second-order valence-electron chi connectivity index (χ2n) is 3.98. The molecule has 0 aliphatic heterocycles. The number of nitrogens with zero attached hydrogens (tertiary/aromatic N) is 1. The Hall–Kier alpha value is -0.450. The highest BCUT2D eigenvalue weighted by Gasteiger charge is 2.09. The molecule has 2 atom stereocenters. The predicted octanol–water partition coefficient (Wildman–Crippen LogP) is 1.65. The average Bonchev–Trinajstić information content (AvgIpc) is 2.75. The Bertz CT molecular complexity index is 248. The second kappa shape index (κ2) is 6.93. The van der Waals surface area contributed by atoms with Gasteiger partial charge in [0.15, 0.2) is 0 Å². The van der Waals surface area contributed by atoms with Gasteiger partial charge in [0, 0.05) is 30.9 Å². The van der Waals surface area contributed by atoms with Crippen LogP contribution in [0.1, 0.15) is 26.0 Å². The summed E-state index contributed by atoms with van der Waals surface area (Å²) in [6, 6.07) is 0.269. The van der Waals surface area contributed by atoms with Gasteiger partial charge in [0.05, 0.1) is 11.2 Å². The molecule has 15 heavy (non-hydrogen) atoms. The quantitative estimate of drug-likeness (QED) is 0.696. The number of hydrogen-bond acceptors (Lipinski definition) is 4. The molecule has 3 N–H and O–H groups in total. The van der Waals surface area contributed by atoms with Crippen LogP contribution >= 0.6 is 11.3 Å². The van der Waals surface area contributed by atoms with Gasteiger partial charge >= 0.3 is 0 Å². The molecule has 0 aliphatic rings. The molecule has 0 aromatic carbocycles. The first-order chi connectivity index (χ1) is 7.24. The minimum atomic E-state index is 0.269. The Labute approximate surface area is 96.1 Å². The summed E-state index contributed by atoms with van der Waals surface area (Å²) < 4.78 is 0. The van der Waals surface area contributed by atoms with Gasteiger partial charge in [0.1, 0.15) is 0 Å². The fourth-order valence-corrected chi connectivity index (χ4v) is 1.94. The van der Waals surface area contributed by atoms with Crippen LogP contribution in [0, 0.1) is 5.92 Å². The molecule has 4 heteroatoms. The maximum Gasteiger partial charge on any atom is 0.0794 e. The van der Waals surface area contributed by atoms with Crippen LogP contribution in [0.25, 0.3) is 0 Å². The Kier molecular flexibility index (Phi) is 5.83. The summed E-state index contributed by atoms with van der Waals surface area (Å²) >= 11 is 1.65. The third-order valence-corrected chi connectivity index (χ3v) is 3.43. The molecule has 0 saturated heterocycles. The normalized spacial score (nSPS) is 15.1. The summed E-state index contributed by atoms with van der Waals surface area (Å²) in [5.74, 6) is 0.594. The van der Waals surface area contributed by atoms with Crippen LogP contribution in [-0.2, 0) is 6.42 Å². The van der Waals surface area contributed by atoms with Crippen molar-refractivity contribution in [2.45, 2.75) is 32.7 Å². The van der Waals surface area contributed by atoms with E-state index in [1.54, 1.807) is 11.3 Å². The smallest absolute Gasteiger partial charge is 0.0794 e. The first-order valence-electron chi connectivity index (χ1n) is 5.57. The van der Waals surface area contributed by atoms with Gasteiger partial charge in [0.2, 0.25) is 0 Å². The second-order valence-corrected chi connectivity index (χ2v) is 4.70. The zero-order chi connectivity index (χ0) is 11.1. The van der Waals surface area contributed by atoms with E-state index in [9.17, 15) is 0 Å². The van der Waals surface area contributed by atoms with Crippen molar-refractivity contribution >= 4 is 11.3 Å². The molecule has 0 aliphatic carbocycles. The monoisotopic (exact) mass is 227 g/mol. The molecule has 1 aromatic rings. The van der Waals surface area contributed by atoms with Gasteiger partial charge in [-0.25, -0.2) is 4.98 Å². The number of hydrogen-bond donors (Lipinski definition) is 2. The van der Waals surface area contributed by atoms with Crippen molar-refractivity contribution in [2.75, 3.05) is 13.1 Å². The number of aromatic nitrogens is 1. The van der Waals surface area contributed by atoms with E-state index in [0.29, 0.717) is 5.92 Å². The van der Waals surface area contributed by atoms with Crippen molar-refractivity contribution in [1.29, 1.82) is 0 Å². The van der Waals surface area contributed by atoms with E-state index in [-0.39, 0.29) is 6.04 Å². The van der Waals surface area contributed by atoms with Crippen molar-refractivity contribution < 1.29 is 0 Å². The van der Waals surface area contributed by atoms with E-state index in [0.717, 1.165) is 25.9 Å². The van der Waals surface area contributed by atoms with E-state index < -0.39 is 0 Å². The van der Waals surface area contributed by atoms with Crippen LogP contribution in [0.3, 0.4) is 0 Å². The van der Waals surface area contributed by atoms with E-state index in [4.69, 9.17) is 5.73 Å². The molecule has 2 unspecified atom stereocenters. The minimum absolute atomic E-state index is 0.269. The van der Waals surface area contributed by atoms with Crippen LogP contribution in [0.15, 0.2) is 10.9 Å². The first kappa shape index (κ1) is 12.6. The molecule has 1 heterocycles. The van der Waals surface area contributed by atoms with Crippen LogP contribution < -0.4 is 11.1 Å². The van der Waals surface area contributed by atoms with E-state index in [1.807, 2.05) is 5.51 Å². The molecular weight excluding hydrogens is 206 g/mol. The maximum atomic E-state index is 6.01. The fourth-order valence-electron chi connectivity index (χ4n) is 1.35. The first-order valence-corrected chi connectivity index (χ1v) is 6.51. The summed E-state index contributed by atoms with van der Waals surface area (Å²) in [5, 5.41) is 5.47. The lowest BCUT2D eigenvalue weighted by Crippen LogP contribution is -2.39. The lowest BCUT2D eigenvalue weighted by atomic mass is 10.0. The van der Waals surface area contributed by atoms with E-state index in [2.05, 4.69) is 29.5 Å². The van der Waals surface area contributed by atoms with Gasteiger partial charge < -0.3 is 11.1 Å². The third-order valence-electron chi connectivity index (χ3n) is 2.80. The van der Waals surface area contributed by atoms with Crippen molar-refractivity contribution in [3.63, 3.8) is 0 Å². The van der Waals surface area contributed by atoms with Crippen LogP contribution in [0.4, 0.5) is 0 Å². The van der Waals surface area contributed by atoms with Crippen molar-refractivity contribution in [3.8, 4) is 0 Å². The number of thiazole rings is 1. The summed E-state index contributed by atoms with van der Waals surface area (Å²) in [4.78, 5) is 4.23. The molecule has 1 rings (SSSR count). The van der Waals surface area contributed by atoms with E-state index >= 15 is 0 Å². The maximum absolute atomic E-state index is 6.01.